The molecule has 2 amide bonds. The van der Waals surface area contributed by atoms with Crippen LogP contribution in [-0.2, 0) is 5.88 Å². The van der Waals surface area contributed by atoms with E-state index in [2.05, 4.69) is 10.4 Å². The van der Waals surface area contributed by atoms with Crippen LogP contribution in [0.15, 0.2) is 35.4 Å². The summed E-state index contributed by atoms with van der Waals surface area (Å²) in [5.41, 5.74) is 1.50. The van der Waals surface area contributed by atoms with Crippen molar-refractivity contribution in [2.45, 2.75) is 12.8 Å². The highest BCUT2D eigenvalue weighted by molar-refractivity contribution is 7.18. The third-order valence-corrected chi connectivity index (χ3v) is 5.70. The van der Waals surface area contributed by atoms with Crippen LogP contribution in [0.3, 0.4) is 0 Å². The van der Waals surface area contributed by atoms with Crippen LogP contribution in [0.1, 0.15) is 38.1 Å². The second kappa shape index (κ2) is 7.10. The van der Waals surface area contributed by atoms with E-state index in [1.807, 2.05) is 0 Å². The third kappa shape index (κ3) is 3.20. The number of rotatable bonds is 4. The maximum atomic E-state index is 12.5. The lowest BCUT2D eigenvalue weighted by atomic mass is 10.1. The highest BCUT2D eigenvalue weighted by Crippen LogP contribution is 2.42. The van der Waals surface area contributed by atoms with Gasteiger partial charge in [-0.3, -0.25) is 4.79 Å². The number of carboxylic acid groups (broad SMARTS) is 2. The molecule has 1 aliphatic heterocycles. The van der Waals surface area contributed by atoms with Crippen molar-refractivity contribution in [2.24, 2.45) is 5.10 Å². The molecule has 1 aromatic carbocycles. The van der Waals surface area contributed by atoms with E-state index in [0.29, 0.717) is 17.0 Å². The summed E-state index contributed by atoms with van der Waals surface area (Å²) in [5.74, 6) is -1.30. The van der Waals surface area contributed by atoms with Crippen molar-refractivity contribution >= 4 is 51.7 Å². The molecule has 0 saturated carbocycles. The van der Waals surface area contributed by atoms with E-state index < -0.39 is 22.6 Å². The maximum Gasteiger partial charge on any atom is 0.547 e. The Balaban J connectivity index is 1.99. The first-order valence-corrected chi connectivity index (χ1v) is 9.23. The van der Waals surface area contributed by atoms with Gasteiger partial charge in [-0.1, -0.05) is 28.1 Å². The average Bonchev–Trinajstić information content (AvgIpc) is 3.21. The number of amides is 2. The largest absolute Gasteiger partial charge is 0.547 e. The van der Waals surface area contributed by atoms with Gasteiger partial charge >= 0.3 is 12.1 Å². The van der Waals surface area contributed by atoms with Gasteiger partial charge in [-0.25, -0.2) is 4.79 Å². The molecule has 0 radical (unpaired) electrons. The Labute approximate surface area is 162 Å². The molecule has 3 rings (SSSR count). The number of aromatic carboxylic acids is 1. The summed E-state index contributed by atoms with van der Waals surface area (Å²) in [5, 5.41) is 25.9. The monoisotopic (exact) mass is 408 g/mol. The SMILES string of the molecule is CC[N+]1(C(=O)O)N=C(NC(=O)c2ccc(CCl)cc2)c2cc(C(=O)O)sc21. The second-order valence-corrected chi connectivity index (χ2v) is 7.03. The van der Waals surface area contributed by atoms with Crippen LogP contribution in [0.4, 0.5) is 9.80 Å². The van der Waals surface area contributed by atoms with Gasteiger partial charge in [0.15, 0.2) is 0 Å². The molecule has 2 aromatic rings. The van der Waals surface area contributed by atoms with Gasteiger partial charge in [0.25, 0.3) is 5.91 Å². The first-order valence-electron chi connectivity index (χ1n) is 7.88. The van der Waals surface area contributed by atoms with Crippen LogP contribution in [0.2, 0.25) is 0 Å². The Morgan fingerprint density at radius 2 is 1.89 bits per heavy atom. The van der Waals surface area contributed by atoms with Gasteiger partial charge in [-0.05, 0) is 35.8 Å². The number of thiophene rings is 1. The number of alkyl halides is 1. The van der Waals surface area contributed by atoms with Gasteiger partial charge in [-0.15, -0.1) is 11.6 Å². The average molecular weight is 409 g/mol. The predicted molar refractivity (Wildman–Crippen MR) is 102 cm³/mol. The minimum absolute atomic E-state index is 0.0229. The number of carboxylic acids is 1. The minimum Gasteiger partial charge on any atom is -0.477 e. The van der Waals surface area contributed by atoms with Gasteiger partial charge in [0.2, 0.25) is 10.8 Å². The predicted octanol–water partition coefficient (Wildman–Crippen LogP) is 3.30. The first-order chi connectivity index (χ1) is 12.8. The van der Waals surface area contributed by atoms with Crippen molar-refractivity contribution in [1.29, 1.82) is 0 Å². The molecule has 0 aliphatic carbocycles. The van der Waals surface area contributed by atoms with Crippen LogP contribution >= 0.6 is 22.9 Å². The molecule has 2 heterocycles. The van der Waals surface area contributed by atoms with Crippen LogP contribution in [0.25, 0.3) is 0 Å². The lowest BCUT2D eigenvalue weighted by molar-refractivity contribution is 0.0701. The first kappa shape index (κ1) is 19.0. The van der Waals surface area contributed by atoms with Crippen molar-refractivity contribution in [1.82, 2.24) is 9.91 Å². The highest BCUT2D eigenvalue weighted by atomic mass is 35.5. The molecule has 0 spiro atoms. The van der Waals surface area contributed by atoms with E-state index in [9.17, 15) is 24.6 Å². The van der Waals surface area contributed by atoms with Crippen molar-refractivity contribution in [3.05, 3.63) is 51.9 Å². The Bertz CT molecular complexity index is 969. The van der Waals surface area contributed by atoms with Gasteiger partial charge in [0.05, 0.1) is 5.56 Å². The number of carbonyl (C=O) groups excluding carboxylic acids is 1. The molecule has 140 valence electrons. The molecule has 0 bridgehead atoms. The van der Waals surface area contributed by atoms with Crippen molar-refractivity contribution in [3.8, 4) is 0 Å². The Hall–Kier alpha value is -2.75. The van der Waals surface area contributed by atoms with E-state index in [4.69, 9.17) is 11.6 Å². The fourth-order valence-electron chi connectivity index (χ4n) is 2.70. The molecule has 1 aromatic heterocycles. The lowest BCUT2D eigenvalue weighted by Crippen LogP contribution is -2.47. The number of hydrogen-bond donors (Lipinski definition) is 3. The highest BCUT2D eigenvalue weighted by Gasteiger charge is 2.50. The Kier molecular flexibility index (Phi) is 5.01. The van der Waals surface area contributed by atoms with Crippen molar-refractivity contribution < 1.29 is 24.6 Å². The number of fused-ring (bicyclic) bond motifs is 1. The topological polar surface area (TPSA) is 116 Å². The number of carbonyl (C=O) groups is 3. The van der Waals surface area contributed by atoms with Crippen LogP contribution < -0.4 is 9.91 Å². The fourth-order valence-corrected chi connectivity index (χ4v) is 4.01. The van der Waals surface area contributed by atoms with Crippen LogP contribution in [0.5, 0.6) is 0 Å². The zero-order valence-electron chi connectivity index (χ0n) is 14.1. The lowest BCUT2D eigenvalue weighted by Gasteiger charge is -2.18. The van der Waals surface area contributed by atoms with E-state index >= 15 is 0 Å². The number of halogens is 1. The summed E-state index contributed by atoms with van der Waals surface area (Å²) in [7, 11) is 0. The van der Waals surface area contributed by atoms with E-state index in [-0.39, 0.29) is 22.3 Å². The Morgan fingerprint density at radius 3 is 2.41 bits per heavy atom. The van der Waals surface area contributed by atoms with Gasteiger partial charge < -0.3 is 15.5 Å². The van der Waals surface area contributed by atoms with Gasteiger partial charge in [0, 0.05) is 11.4 Å². The molecule has 27 heavy (non-hydrogen) atoms. The smallest absolute Gasteiger partial charge is 0.477 e. The van der Waals surface area contributed by atoms with Crippen LogP contribution in [-0.4, -0.2) is 40.6 Å². The molecule has 10 heteroatoms. The summed E-state index contributed by atoms with van der Waals surface area (Å²) in [6.45, 7) is 1.68. The number of nitrogens with zero attached hydrogens (tertiary/aromatic N) is 2. The number of nitrogens with one attached hydrogen (secondary N) is 1. The van der Waals surface area contributed by atoms with Gasteiger partial charge in [0.1, 0.15) is 11.4 Å². The van der Waals surface area contributed by atoms with Crippen LogP contribution in [0, 0.1) is 0 Å². The molecule has 1 atom stereocenters. The molecular weight excluding hydrogens is 394 g/mol. The molecule has 0 fully saturated rings. The molecule has 1 aliphatic rings. The summed E-state index contributed by atoms with van der Waals surface area (Å²) in [6, 6.07) is 7.94. The zero-order chi connectivity index (χ0) is 19.8. The molecule has 8 nitrogen and oxygen atoms in total. The summed E-state index contributed by atoms with van der Waals surface area (Å²) in [6.07, 6.45) is -1.26. The van der Waals surface area contributed by atoms with Crippen molar-refractivity contribution in [2.75, 3.05) is 6.54 Å². The van der Waals surface area contributed by atoms with E-state index in [0.717, 1.165) is 16.9 Å². The minimum atomic E-state index is -1.26. The second-order valence-electron chi connectivity index (χ2n) is 5.74. The standard InChI is InChI=1S/C17H14ClN3O5S/c1-2-21(17(25)26)15-11(7-12(27-15)16(23)24)13(20-21)19-14(22)10-5-3-9(8-18)4-6-10/h3-7H,2,8H2,1H3,(H2-,19,20,22,23,24,25,26)/p+1. The fraction of sp³-hybridized carbons (Fsp3) is 0.176. The number of hydrogen-bond acceptors (Lipinski definition) is 5. The third-order valence-electron chi connectivity index (χ3n) is 4.16. The normalized spacial score (nSPS) is 17.9. The van der Waals surface area contributed by atoms with E-state index in [1.165, 1.54) is 6.07 Å². The summed E-state index contributed by atoms with van der Waals surface area (Å²) < 4.78 is -0.811. The van der Waals surface area contributed by atoms with Gasteiger partial charge in [-0.2, -0.15) is 4.79 Å². The quantitative estimate of drug-likeness (QED) is 0.530. The molecule has 1 unspecified atom stereocenters. The summed E-state index contributed by atoms with van der Waals surface area (Å²) in [4.78, 5) is 35.7. The molecule has 3 N–H and O–H groups in total. The maximum absolute atomic E-state index is 12.5. The number of benzene rings is 1. The molecular formula is C17H15ClN3O5S+. The van der Waals surface area contributed by atoms with Crippen molar-refractivity contribution in [3.63, 3.8) is 0 Å². The Morgan fingerprint density at radius 1 is 1.22 bits per heavy atom. The zero-order valence-corrected chi connectivity index (χ0v) is 15.7. The summed E-state index contributed by atoms with van der Waals surface area (Å²) >= 11 is 6.57. The number of quaternary nitrogens is 1. The van der Waals surface area contributed by atoms with E-state index in [1.54, 1.807) is 31.2 Å². The molecule has 0 saturated heterocycles. The number of amidine groups is 1.